The van der Waals surface area contributed by atoms with Crippen LogP contribution in [-0.2, 0) is 0 Å². The van der Waals surface area contributed by atoms with Gasteiger partial charge in [-0.1, -0.05) is 29.8 Å². The number of rotatable bonds is 4. The van der Waals surface area contributed by atoms with E-state index in [1.54, 1.807) is 26.0 Å². The number of hydrogen-bond acceptors (Lipinski definition) is 4. The minimum Gasteiger partial charge on any atom is -0.493 e. The molecule has 1 aliphatic rings. The lowest BCUT2D eigenvalue weighted by Gasteiger charge is -2.26. The number of hydrogen-bond donors (Lipinski definition) is 1. The van der Waals surface area contributed by atoms with Gasteiger partial charge in [-0.05, 0) is 25.1 Å². The van der Waals surface area contributed by atoms with Crippen molar-refractivity contribution in [2.45, 2.75) is 12.3 Å². The summed E-state index contributed by atoms with van der Waals surface area (Å²) in [6, 6.07) is 13.5. The minimum absolute atomic E-state index is 0.101. The van der Waals surface area contributed by atoms with Crippen LogP contribution in [0.25, 0.3) is 0 Å². The Morgan fingerprint density at radius 1 is 1.16 bits per heavy atom. The molecule has 1 atom stereocenters. The summed E-state index contributed by atoms with van der Waals surface area (Å²) in [5, 5.41) is 2.88. The van der Waals surface area contributed by atoms with Gasteiger partial charge in [0.15, 0.2) is 11.5 Å². The molecule has 1 unspecified atom stereocenters. The number of methoxy groups -OCH3 is 2. The zero-order valence-corrected chi connectivity index (χ0v) is 15.4. The zero-order valence-electron chi connectivity index (χ0n) is 14.6. The lowest BCUT2D eigenvalue weighted by atomic mass is 10.1. The highest BCUT2D eigenvalue weighted by molar-refractivity contribution is 7.99. The molecule has 0 saturated carbocycles. The molecule has 1 N–H and O–H groups in total. The van der Waals surface area contributed by atoms with E-state index in [2.05, 4.69) is 5.32 Å². The fourth-order valence-corrected chi connectivity index (χ4v) is 4.15. The third-order valence-corrected chi connectivity index (χ3v) is 5.40. The van der Waals surface area contributed by atoms with Gasteiger partial charge in [0.2, 0.25) is 0 Å². The van der Waals surface area contributed by atoms with Crippen molar-refractivity contribution in [1.82, 2.24) is 4.90 Å². The highest BCUT2D eigenvalue weighted by Crippen LogP contribution is 2.45. The first kappa shape index (κ1) is 17.5. The molecule has 5 nitrogen and oxygen atoms in total. The first-order valence-corrected chi connectivity index (χ1v) is 9.15. The normalized spacial score (nSPS) is 16.6. The number of ether oxygens (including phenoxy) is 2. The maximum absolute atomic E-state index is 12.8. The van der Waals surface area contributed by atoms with Crippen molar-refractivity contribution in [3.63, 3.8) is 0 Å². The van der Waals surface area contributed by atoms with E-state index in [1.165, 1.54) is 0 Å². The van der Waals surface area contributed by atoms with Gasteiger partial charge in [0.05, 0.1) is 14.2 Å². The largest absolute Gasteiger partial charge is 0.493 e. The summed E-state index contributed by atoms with van der Waals surface area (Å²) in [6.45, 7) is 2.71. The van der Waals surface area contributed by atoms with E-state index in [-0.39, 0.29) is 11.4 Å². The number of thioether (sulfide) groups is 1. The first-order valence-electron chi connectivity index (χ1n) is 8.11. The smallest absolute Gasteiger partial charge is 0.323 e. The summed E-state index contributed by atoms with van der Waals surface area (Å²) in [6.07, 6.45) is 0. The summed E-state index contributed by atoms with van der Waals surface area (Å²) < 4.78 is 10.9. The summed E-state index contributed by atoms with van der Waals surface area (Å²) in [5.41, 5.74) is 2.90. The second kappa shape index (κ2) is 7.70. The maximum Gasteiger partial charge on any atom is 0.323 e. The van der Waals surface area contributed by atoms with Gasteiger partial charge in [0, 0.05) is 23.5 Å². The van der Waals surface area contributed by atoms with Crippen molar-refractivity contribution in [3.8, 4) is 11.5 Å². The number of para-hydroxylation sites is 1. The Morgan fingerprint density at radius 2 is 1.92 bits per heavy atom. The molecule has 2 aromatic rings. The summed E-state index contributed by atoms with van der Waals surface area (Å²) in [4.78, 5) is 14.6. The molecule has 1 aliphatic heterocycles. The molecule has 2 aromatic carbocycles. The monoisotopic (exact) mass is 358 g/mol. The molecule has 6 heteroatoms. The van der Waals surface area contributed by atoms with Crippen LogP contribution >= 0.6 is 11.8 Å². The predicted molar refractivity (Wildman–Crippen MR) is 102 cm³/mol. The number of benzene rings is 2. The molecule has 3 rings (SSSR count). The van der Waals surface area contributed by atoms with Gasteiger partial charge in [-0.15, -0.1) is 11.8 Å². The first-order chi connectivity index (χ1) is 12.1. The lowest BCUT2D eigenvalue weighted by Crippen LogP contribution is -2.34. The van der Waals surface area contributed by atoms with Gasteiger partial charge in [0.25, 0.3) is 0 Å². The van der Waals surface area contributed by atoms with E-state index in [0.717, 1.165) is 22.6 Å². The molecule has 0 spiro atoms. The Hall–Kier alpha value is -2.34. The molecular weight excluding hydrogens is 336 g/mol. The number of aryl methyl sites for hydroxylation is 1. The average Bonchev–Trinajstić information content (AvgIpc) is 3.12. The van der Waals surface area contributed by atoms with Crippen molar-refractivity contribution >= 4 is 23.5 Å². The van der Waals surface area contributed by atoms with Crippen LogP contribution in [0.15, 0.2) is 42.5 Å². The number of nitrogens with one attached hydrogen (secondary N) is 1. The zero-order chi connectivity index (χ0) is 17.8. The SMILES string of the molecule is COc1cccc(C2SCCN2C(=O)Nc2ccc(C)cc2)c1OC. The Bertz CT molecular complexity index is 749. The molecule has 2 amide bonds. The van der Waals surface area contributed by atoms with Gasteiger partial charge in [0.1, 0.15) is 5.37 Å². The Balaban J connectivity index is 1.83. The second-order valence-electron chi connectivity index (χ2n) is 5.80. The number of nitrogens with zero attached hydrogens (tertiary/aromatic N) is 1. The van der Waals surface area contributed by atoms with Crippen LogP contribution in [0.4, 0.5) is 10.5 Å². The molecule has 0 aromatic heterocycles. The minimum atomic E-state index is -0.108. The standard InChI is InChI=1S/C19H22N2O3S/c1-13-7-9-14(10-8-13)20-19(22)21-11-12-25-18(21)15-5-4-6-16(23-2)17(15)24-3/h4-10,18H,11-12H2,1-3H3,(H,20,22). The molecule has 0 aliphatic carbocycles. The van der Waals surface area contributed by atoms with Crippen LogP contribution < -0.4 is 14.8 Å². The van der Waals surface area contributed by atoms with Crippen LogP contribution in [-0.4, -0.2) is 37.4 Å². The fourth-order valence-electron chi connectivity index (χ4n) is 2.87. The maximum atomic E-state index is 12.8. The molecule has 0 radical (unpaired) electrons. The van der Waals surface area contributed by atoms with Gasteiger partial charge in [-0.3, -0.25) is 0 Å². The van der Waals surface area contributed by atoms with Crippen LogP contribution in [0.3, 0.4) is 0 Å². The number of carbonyl (C=O) groups excluding carboxylic acids is 1. The van der Waals surface area contributed by atoms with Crippen LogP contribution in [0.1, 0.15) is 16.5 Å². The highest BCUT2D eigenvalue weighted by atomic mass is 32.2. The van der Waals surface area contributed by atoms with Crippen molar-refractivity contribution in [2.24, 2.45) is 0 Å². The average molecular weight is 358 g/mol. The van der Waals surface area contributed by atoms with E-state index in [0.29, 0.717) is 18.0 Å². The van der Waals surface area contributed by atoms with Gasteiger partial charge >= 0.3 is 6.03 Å². The molecule has 132 valence electrons. The predicted octanol–water partition coefficient (Wildman–Crippen LogP) is 4.29. The van der Waals surface area contributed by atoms with Gasteiger partial charge in [-0.2, -0.15) is 0 Å². The van der Waals surface area contributed by atoms with E-state index < -0.39 is 0 Å². The van der Waals surface area contributed by atoms with E-state index in [4.69, 9.17) is 9.47 Å². The molecular formula is C19H22N2O3S. The van der Waals surface area contributed by atoms with Crippen molar-refractivity contribution in [3.05, 3.63) is 53.6 Å². The van der Waals surface area contributed by atoms with Crippen LogP contribution in [0.2, 0.25) is 0 Å². The lowest BCUT2D eigenvalue weighted by molar-refractivity contribution is 0.213. The Labute approximate surface area is 152 Å². The fraction of sp³-hybridized carbons (Fsp3) is 0.316. The Morgan fingerprint density at radius 3 is 2.60 bits per heavy atom. The molecule has 1 fully saturated rings. The molecule has 25 heavy (non-hydrogen) atoms. The van der Waals surface area contributed by atoms with Crippen molar-refractivity contribution < 1.29 is 14.3 Å². The summed E-state index contributed by atoms with van der Waals surface area (Å²) in [7, 11) is 3.24. The van der Waals surface area contributed by atoms with E-state index in [1.807, 2.05) is 54.3 Å². The highest BCUT2D eigenvalue weighted by Gasteiger charge is 2.33. The van der Waals surface area contributed by atoms with Crippen LogP contribution in [0.5, 0.6) is 11.5 Å². The summed E-state index contributed by atoms with van der Waals surface area (Å²) in [5.74, 6) is 2.23. The van der Waals surface area contributed by atoms with Crippen LogP contribution in [0, 0.1) is 6.92 Å². The number of anilines is 1. The Kier molecular flexibility index (Phi) is 5.38. The topological polar surface area (TPSA) is 50.8 Å². The second-order valence-corrected chi connectivity index (χ2v) is 6.98. The molecule has 0 bridgehead atoms. The van der Waals surface area contributed by atoms with Gasteiger partial charge in [-0.25, -0.2) is 4.79 Å². The van der Waals surface area contributed by atoms with E-state index >= 15 is 0 Å². The van der Waals surface area contributed by atoms with E-state index in [9.17, 15) is 4.79 Å². The third kappa shape index (κ3) is 3.69. The quantitative estimate of drug-likeness (QED) is 0.886. The third-order valence-electron chi connectivity index (χ3n) is 4.15. The molecule has 1 saturated heterocycles. The van der Waals surface area contributed by atoms with Gasteiger partial charge < -0.3 is 19.7 Å². The van der Waals surface area contributed by atoms with Crippen molar-refractivity contribution in [1.29, 1.82) is 0 Å². The molecule has 1 heterocycles. The van der Waals surface area contributed by atoms with Crippen molar-refractivity contribution in [2.75, 3.05) is 31.8 Å². The number of carbonyl (C=O) groups is 1. The number of urea groups is 1. The summed E-state index contributed by atoms with van der Waals surface area (Å²) >= 11 is 1.72. The number of amides is 2.